The zero-order valence-electron chi connectivity index (χ0n) is 15.6. The van der Waals surface area contributed by atoms with Gasteiger partial charge in [-0.15, -0.1) is 0 Å². The number of amides is 2. The van der Waals surface area contributed by atoms with Gasteiger partial charge < -0.3 is 20.1 Å². The molecule has 0 fully saturated rings. The fourth-order valence-corrected chi connectivity index (χ4v) is 2.44. The molecular formula is C18H27BrN2O4. The molecule has 0 aliphatic carbocycles. The summed E-state index contributed by atoms with van der Waals surface area (Å²) in [6.45, 7) is 9.64. The number of carbonyl (C=O) groups excluding carboxylic acids is 2. The fourth-order valence-electron chi connectivity index (χ4n) is 2.02. The molecule has 2 amide bonds. The highest BCUT2D eigenvalue weighted by Gasteiger charge is 2.22. The van der Waals surface area contributed by atoms with Crippen LogP contribution in [0.1, 0.15) is 45.0 Å². The maximum Gasteiger partial charge on any atom is 0.407 e. The van der Waals surface area contributed by atoms with Crippen molar-refractivity contribution in [3.8, 4) is 5.75 Å². The van der Waals surface area contributed by atoms with Gasteiger partial charge in [-0.25, -0.2) is 4.79 Å². The number of benzene rings is 1. The van der Waals surface area contributed by atoms with E-state index in [9.17, 15) is 9.59 Å². The first-order valence-corrected chi connectivity index (χ1v) is 8.94. The van der Waals surface area contributed by atoms with Crippen LogP contribution in [-0.4, -0.2) is 37.3 Å². The molecule has 0 aliphatic heterocycles. The predicted molar refractivity (Wildman–Crippen MR) is 101 cm³/mol. The van der Waals surface area contributed by atoms with Crippen LogP contribution in [0.4, 0.5) is 4.79 Å². The van der Waals surface area contributed by atoms with Gasteiger partial charge in [-0.05, 0) is 60.8 Å². The zero-order valence-corrected chi connectivity index (χ0v) is 17.2. The Labute approximate surface area is 157 Å². The van der Waals surface area contributed by atoms with Gasteiger partial charge in [0.1, 0.15) is 11.4 Å². The normalized spacial score (nSPS) is 12.5. The van der Waals surface area contributed by atoms with Crippen molar-refractivity contribution in [3.05, 3.63) is 28.2 Å². The minimum absolute atomic E-state index is 0.126. The Hall–Kier alpha value is -1.76. The molecule has 1 rings (SSSR count). The van der Waals surface area contributed by atoms with Crippen molar-refractivity contribution in [1.82, 2.24) is 10.6 Å². The van der Waals surface area contributed by atoms with Crippen molar-refractivity contribution in [3.63, 3.8) is 0 Å². The Morgan fingerprint density at radius 1 is 1.24 bits per heavy atom. The van der Waals surface area contributed by atoms with Crippen LogP contribution in [0.15, 0.2) is 22.7 Å². The number of carbonyl (C=O) groups is 2. The molecule has 1 aromatic carbocycles. The lowest BCUT2D eigenvalue weighted by Gasteiger charge is -2.26. The first kappa shape index (κ1) is 21.3. The molecule has 2 N–H and O–H groups in total. The third-order valence-corrected chi connectivity index (χ3v) is 4.10. The average Bonchev–Trinajstić information content (AvgIpc) is 2.49. The van der Waals surface area contributed by atoms with Crippen molar-refractivity contribution in [2.75, 3.05) is 13.7 Å². The summed E-state index contributed by atoms with van der Waals surface area (Å²) in [6, 6.07) is 4.93. The van der Waals surface area contributed by atoms with Crippen molar-refractivity contribution < 1.29 is 19.1 Å². The van der Waals surface area contributed by atoms with Crippen LogP contribution in [0, 0.1) is 5.92 Å². The second-order valence-electron chi connectivity index (χ2n) is 7.05. The van der Waals surface area contributed by atoms with Crippen molar-refractivity contribution in [1.29, 1.82) is 0 Å². The highest BCUT2D eigenvalue weighted by atomic mass is 79.9. The van der Waals surface area contributed by atoms with Gasteiger partial charge in [0.2, 0.25) is 0 Å². The van der Waals surface area contributed by atoms with Gasteiger partial charge in [-0.3, -0.25) is 4.79 Å². The van der Waals surface area contributed by atoms with Gasteiger partial charge in [-0.2, -0.15) is 0 Å². The number of hydrogen-bond donors (Lipinski definition) is 2. The molecule has 0 heterocycles. The number of methoxy groups -OCH3 is 1. The van der Waals surface area contributed by atoms with Gasteiger partial charge in [0, 0.05) is 11.0 Å². The summed E-state index contributed by atoms with van der Waals surface area (Å²) in [5.74, 6) is 0.477. The summed E-state index contributed by atoms with van der Waals surface area (Å²) in [6.07, 6.45) is -0.497. The van der Waals surface area contributed by atoms with E-state index in [1.54, 1.807) is 46.1 Å². The van der Waals surface area contributed by atoms with E-state index >= 15 is 0 Å². The predicted octanol–water partition coefficient (Wildman–Crippen LogP) is 3.74. The van der Waals surface area contributed by atoms with E-state index in [0.29, 0.717) is 22.3 Å². The Bertz CT molecular complexity index is 612. The second kappa shape index (κ2) is 9.08. The summed E-state index contributed by atoms with van der Waals surface area (Å²) in [4.78, 5) is 24.4. The lowest BCUT2D eigenvalue weighted by molar-refractivity contribution is 0.0487. The van der Waals surface area contributed by atoms with Crippen LogP contribution in [-0.2, 0) is 4.74 Å². The molecule has 0 aromatic heterocycles. The highest BCUT2D eigenvalue weighted by Crippen LogP contribution is 2.22. The molecule has 0 saturated heterocycles. The molecule has 140 valence electrons. The third kappa shape index (κ3) is 7.34. The molecule has 1 aromatic rings. The summed E-state index contributed by atoms with van der Waals surface area (Å²) in [7, 11) is 1.55. The molecule has 0 bridgehead atoms. The summed E-state index contributed by atoms with van der Waals surface area (Å²) < 4.78 is 11.1. The molecule has 0 radical (unpaired) electrons. The SMILES string of the molecule is COc1ccc(Br)c(C(=O)NCC(NC(=O)OC(C)(C)C)C(C)C)c1. The van der Waals surface area contributed by atoms with Gasteiger partial charge in [0.25, 0.3) is 5.91 Å². The maximum absolute atomic E-state index is 12.4. The fraction of sp³-hybridized carbons (Fsp3) is 0.556. The molecule has 25 heavy (non-hydrogen) atoms. The van der Waals surface area contributed by atoms with Gasteiger partial charge in [-0.1, -0.05) is 13.8 Å². The number of nitrogens with one attached hydrogen (secondary N) is 2. The number of rotatable bonds is 6. The van der Waals surface area contributed by atoms with Crippen LogP contribution in [0.25, 0.3) is 0 Å². The lowest BCUT2D eigenvalue weighted by Crippen LogP contribution is -2.48. The topological polar surface area (TPSA) is 76.7 Å². The standard InChI is InChI=1S/C18H27BrN2O4/c1-11(2)15(21-17(23)25-18(3,4)5)10-20-16(22)13-9-12(24-6)7-8-14(13)19/h7-9,11,15H,10H2,1-6H3,(H,20,22)(H,21,23). The van der Waals surface area contributed by atoms with E-state index in [0.717, 1.165) is 0 Å². The zero-order chi connectivity index (χ0) is 19.2. The van der Waals surface area contributed by atoms with Crippen LogP contribution in [0.2, 0.25) is 0 Å². The second-order valence-corrected chi connectivity index (χ2v) is 7.91. The van der Waals surface area contributed by atoms with E-state index in [1.165, 1.54) is 0 Å². The first-order chi connectivity index (χ1) is 11.5. The minimum atomic E-state index is -0.569. The Kier molecular flexibility index (Phi) is 7.73. The van der Waals surface area contributed by atoms with Crippen LogP contribution in [0.5, 0.6) is 5.75 Å². The summed E-state index contributed by atoms with van der Waals surface area (Å²) in [5.41, 5.74) is -0.0977. The Morgan fingerprint density at radius 3 is 2.40 bits per heavy atom. The van der Waals surface area contributed by atoms with E-state index in [-0.39, 0.29) is 17.9 Å². The van der Waals surface area contributed by atoms with E-state index in [2.05, 4.69) is 26.6 Å². The Balaban J connectivity index is 2.71. The Morgan fingerprint density at radius 2 is 1.88 bits per heavy atom. The van der Waals surface area contributed by atoms with Gasteiger partial charge in [0.15, 0.2) is 0 Å². The van der Waals surface area contributed by atoms with Crippen molar-refractivity contribution >= 4 is 27.9 Å². The molecule has 1 unspecified atom stereocenters. The maximum atomic E-state index is 12.4. The molecule has 6 nitrogen and oxygen atoms in total. The molecule has 7 heteroatoms. The lowest BCUT2D eigenvalue weighted by atomic mass is 10.0. The van der Waals surface area contributed by atoms with Gasteiger partial charge in [0.05, 0.1) is 18.7 Å². The molecule has 0 spiro atoms. The number of ether oxygens (including phenoxy) is 2. The minimum Gasteiger partial charge on any atom is -0.497 e. The van der Waals surface area contributed by atoms with Crippen LogP contribution < -0.4 is 15.4 Å². The molecule has 0 saturated carbocycles. The molecule has 1 atom stereocenters. The average molecular weight is 415 g/mol. The van der Waals surface area contributed by atoms with E-state index in [1.807, 2.05) is 13.8 Å². The largest absolute Gasteiger partial charge is 0.497 e. The summed E-state index contributed by atoms with van der Waals surface area (Å²) in [5, 5.41) is 5.65. The van der Waals surface area contributed by atoms with Crippen molar-refractivity contribution in [2.24, 2.45) is 5.92 Å². The number of hydrogen-bond acceptors (Lipinski definition) is 4. The number of alkyl carbamates (subject to hydrolysis) is 1. The highest BCUT2D eigenvalue weighted by molar-refractivity contribution is 9.10. The molecule has 0 aliphatic rings. The third-order valence-electron chi connectivity index (χ3n) is 3.41. The number of halogens is 1. The van der Waals surface area contributed by atoms with Crippen molar-refractivity contribution in [2.45, 2.75) is 46.3 Å². The van der Waals surface area contributed by atoms with Crippen LogP contribution in [0.3, 0.4) is 0 Å². The first-order valence-electron chi connectivity index (χ1n) is 8.14. The molecular weight excluding hydrogens is 388 g/mol. The van der Waals surface area contributed by atoms with Crippen LogP contribution >= 0.6 is 15.9 Å². The van der Waals surface area contributed by atoms with E-state index in [4.69, 9.17) is 9.47 Å². The van der Waals surface area contributed by atoms with E-state index < -0.39 is 11.7 Å². The summed E-state index contributed by atoms with van der Waals surface area (Å²) >= 11 is 3.36. The monoisotopic (exact) mass is 414 g/mol. The smallest absolute Gasteiger partial charge is 0.407 e. The quantitative estimate of drug-likeness (QED) is 0.742. The van der Waals surface area contributed by atoms with Gasteiger partial charge >= 0.3 is 6.09 Å².